The molecule has 0 aliphatic carbocycles. The molecule has 0 saturated heterocycles. The molecule has 0 aliphatic heterocycles. The molecule has 0 aromatic heterocycles. The maximum atomic E-state index is 10.8. The normalized spacial score (nSPS) is 12.6. The second kappa shape index (κ2) is 4.30. The van der Waals surface area contributed by atoms with Gasteiger partial charge in [-0.15, -0.1) is 0 Å². The van der Waals surface area contributed by atoms with Crippen LogP contribution in [0, 0.1) is 5.41 Å². The summed E-state index contributed by atoms with van der Waals surface area (Å²) in [6.45, 7) is 6.03. The number of aliphatic carboxylic acids is 1. The van der Waals surface area contributed by atoms with Gasteiger partial charge in [0.1, 0.15) is 0 Å². The third-order valence-corrected chi connectivity index (χ3v) is 2.16. The van der Waals surface area contributed by atoms with Gasteiger partial charge in [0.25, 0.3) is 0 Å². The maximum absolute atomic E-state index is 10.8. The Morgan fingerprint density at radius 1 is 1.20 bits per heavy atom. The number of carbonyl (C=O) groups is 1. The highest BCUT2D eigenvalue weighted by molar-refractivity contribution is 5.91. The summed E-state index contributed by atoms with van der Waals surface area (Å²) in [5.41, 5.74) is 1.64. The molecule has 0 fully saturated rings. The van der Waals surface area contributed by atoms with E-state index >= 15 is 0 Å². The Morgan fingerprint density at radius 3 is 2.13 bits per heavy atom. The van der Waals surface area contributed by atoms with Gasteiger partial charge in [0.05, 0.1) is 0 Å². The smallest absolute Gasteiger partial charge is 0.328 e. The van der Waals surface area contributed by atoms with Crippen LogP contribution in [0.1, 0.15) is 26.3 Å². The van der Waals surface area contributed by atoms with Crippen molar-refractivity contribution in [3.63, 3.8) is 0 Å². The van der Waals surface area contributed by atoms with Crippen molar-refractivity contribution < 1.29 is 9.90 Å². The number of benzene rings is 1. The minimum absolute atomic E-state index is 0.167. The molecule has 15 heavy (non-hydrogen) atoms. The van der Waals surface area contributed by atoms with Crippen molar-refractivity contribution in [2.75, 3.05) is 0 Å². The Balaban J connectivity index is 3.20. The number of hydrogen-bond acceptors (Lipinski definition) is 1. The van der Waals surface area contributed by atoms with Gasteiger partial charge < -0.3 is 5.11 Å². The summed E-state index contributed by atoms with van der Waals surface area (Å²) in [4.78, 5) is 10.8. The van der Waals surface area contributed by atoms with E-state index in [1.165, 1.54) is 6.08 Å². The zero-order valence-electron chi connectivity index (χ0n) is 9.32. The van der Waals surface area contributed by atoms with E-state index < -0.39 is 5.97 Å². The zero-order valence-corrected chi connectivity index (χ0v) is 9.32. The van der Waals surface area contributed by atoms with E-state index in [0.29, 0.717) is 0 Å². The van der Waals surface area contributed by atoms with E-state index in [9.17, 15) is 4.79 Å². The van der Waals surface area contributed by atoms with Gasteiger partial charge in [-0.25, -0.2) is 4.79 Å². The molecule has 0 aliphatic rings. The van der Waals surface area contributed by atoms with Crippen LogP contribution in [0.15, 0.2) is 36.4 Å². The maximum Gasteiger partial charge on any atom is 0.328 e. The first kappa shape index (κ1) is 11.5. The Kier molecular flexibility index (Phi) is 3.30. The Morgan fingerprint density at radius 2 is 1.73 bits per heavy atom. The molecule has 1 N–H and O–H groups in total. The summed E-state index contributed by atoms with van der Waals surface area (Å²) in [5.74, 6) is -0.899. The Bertz CT molecular complexity index is 369. The van der Waals surface area contributed by atoms with Gasteiger partial charge in [0.2, 0.25) is 0 Å². The van der Waals surface area contributed by atoms with Crippen LogP contribution in [0.2, 0.25) is 0 Å². The third kappa shape index (κ3) is 3.24. The fraction of sp³-hybridized carbons (Fsp3) is 0.308. The molecule has 0 bridgehead atoms. The lowest BCUT2D eigenvalue weighted by atomic mass is 9.82. The molecule has 0 unspecified atom stereocenters. The first-order valence-corrected chi connectivity index (χ1v) is 4.92. The standard InChI is InChI=1S/C13H16O2/c1-13(2,3)11(9-12(14)15)10-7-5-4-6-8-10/h4-9H,1-3H3,(H,14,15)/b11-9+. The van der Waals surface area contributed by atoms with E-state index in [1.807, 2.05) is 51.1 Å². The van der Waals surface area contributed by atoms with E-state index in [4.69, 9.17) is 5.11 Å². The van der Waals surface area contributed by atoms with E-state index in [-0.39, 0.29) is 5.41 Å². The van der Waals surface area contributed by atoms with E-state index in [1.54, 1.807) is 0 Å². The molecular formula is C13H16O2. The summed E-state index contributed by atoms with van der Waals surface area (Å²) >= 11 is 0. The highest BCUT2D eigenvalue weighted by atomic mass is 16.4. The molecule has 1 aromatic rings. The molecule has 2 heteroatoms. The average molecular weight is 204 g/mol. The fourth-order valence-electron chi connectivity index (χ4n) is 1.47. The van der Waals surface area contributed by atoms with Gasteiger partial charge >= 0.3 is 5.97 Å². The van der Waals surface area contributed by atoms with Crippen molar-refractivity contribution in [1.82, 2.24) is 0 Å². The van der Waals surface area contributed by atoms with Crippen molar-refractivity contribution in [1.29, 1.82) is 0 Å². The van der Waals surface area contributed by atoms with Gasteiger partial charge in [-0.1, -0.05) is 51.1 Å². The van der Waals surface area contributed by atoms with Crippen LogP contribution in [0.4, 0.5) is 0 Å². The van der Waals surface area contributed by atoms with Crippen molar-refractivity contribution >= 4 is 11.5 Å². The quantitative estimate of drug-likeness (QED) is 0.751. The van der Waals surface area contributed by atoms with Crippen molar-refractivity contribution in [2.45, 2.75) is 20.8 Å². The molecule has 1 aromatic carbocycles. The lowest BCUT2D eigenvalue weighted by Crippen LogP contribution is -2.10. The van der Waals surface area contributed by atoms with Gasteiger partial charge in [0, 0.05) is 6.08 Å². The third-order valence-electron chi connectivity index (χ3n) is 2.16. The highest BCUT2D eigenvalue weighted by Gasteiger charge is 2.19. The second-order valence-electron chi connectivity index (χ2n) is 4.51. The summed E-state index contributed by atoms with van der Waals surface area (Å²) in [7, 11) is 0. The topological polar surface area (TPSA) is 37.3 Å². The van der Waals surface area contributed by atoms with Gasteiger partial charge in [0.15, 0.2) is 0 Å². The number of carboxylic acid groups (broad SMARTS) is 1. The minimum Gasteiger partial charge on any atom is -0.478 e. The second-order valence-corrected chi connectivity index (χ2v) is 4.51. The Hall–Kier alpha value is -1.57. The Labute approximate surface area is 90.3 Å². The molecule has 0 radical (unpaired) electrons. The van der Waals surface area contributed by atoms with Crippen molar-refractivity contribution in [3.05, 3.63) is 42.0 Å². The molecule has 2 nitrogen and oxygen atoms in total. The van der Waals surface area contributed by atoms with Crippen LogP contribution in [0.3, 0.4) is 0 Å². The van der Waals surface area contributed by atoms with Crippen LogP contribution in [-0.4, -0.2) is 11.1 Å². The van der Waals surface area contributed by atoms with Crippen LogP contribution in [-0.2, 0) is 4.79 Å². The van der Waals surface area contributed by atoms with E-state index in [0.717, 1.165) is 11.1 Å². The molecule has 80 valence electrons. The predicted molar refractivity (Wildman–Crippen MR) is 61.5 cm³/mol. The number of allylic oxidation sites excluding steroid dienone is 1. The van der Waals surface area contributed by atoms with Crippen molar-refractivity contribution in [2.24, 2.45) is 5.41 Å². The SMILES string of the molecule is CC(C)(C)/C(=C/C(=O)O)c1ccccc1. The van der Waals surface area contributed by atoms with Crippen molar-refractivity contribution in [3.8, 4) is 0 Å². The molecule has 0 atom stereocenters. The van der Waals surface area contributed by atoms with Gasteiger partial charge in [-0.2, -0.15) is 0 Å². The highest BCUT2D eigenvalue weighted by Crippen LogP contribution is 2.33. The zero-order chi connectivity index (χ0) is 11.5. The first-order valence-electron chi connectivity index (χ1n) is 4.92. The molecular weight excluding hydrogens is 188 g/mol. The summed E-state index contributed by atoms with van der Waals surface area (Å²) < 4.78 is 0. The van der Waals surface area contributed by atoms with Crippen LogP contribution in [0.5, 0.6) is 0 Å². The molecule has 1 rings (SSSR count). The predicted octanol–water partition coefficient (Wildman–Crippen LogP) is 3.20. The number of rotatable bonds is 2. The fourth-order valence-corrected chi connectivity index (χ4v) is 1.47. The van der Waals surface area contributed by atoms with Crippen LogP contribution in [0.25, 0.3) is 5.57 Å². The van der Waals surface area contributed by atoms with Gasteiger partial charge in [-0.05, 0) is 16.6 Å². The summed E-state index contributed by atoms with van der Waals surface area (Å²) in [6.07, 6.45) is 1.29. The lowest BCUT2D eigenvalue weighted by molar-refractivity contribution is -0.131. The number of hydrogen-bond donors (Lipinski definition) is 1. The average Bonchev–Trinajstić information content (AvgIpc) is 2.14. The molecule has 0 amide bonds. The minimum atomic E-state index is -0.899. The lowest BCUT2D eigenvalue weighted by Gasteiger charge is -2.22. The van der Waals surface area contributed by atoms with Crippen LogP contribution >= 0.6 is 0 Å². The van der Waals surface area contributed by atoms with E-state index in [2.05, 4.69) is 0 Å². The number of carboxylic acids is 1. The summed E-state index contributed by atoms with van der Waals surface area (Å²) in [6, 6.07) is 9.61. The molecule has 0 saturated carbocycles. The van der Waals surface area contributed by atoms with Gasteiger partial charge in [-0.3, -0.25) is 0 Å². The first-order chi connectivity index (χ1) is 6.91. The molecule has 0 heterocycles. The largest absolute Gasteiger partial charge is 0.478 e. The summed E-state index contributed by atoms with van der Waals surface area (Å²) in [5, 5.41) is 8.83. The molecule has 0 spiro atoms. The van der Waals surface area contributed by atoms with Crippen LogP contribution < -0.4 is 0 Å². The monoisotopic (exact) mass is 204 g/mol.